The number of hydrogen-bond donors (Lipinski definition) is 0. The minimum Gasteiger partial charge on any atom is -0.459 e. The fourth-order valence-corrected chi connectivity index (χ4v) is 4.55. The summed E-state index contributed by atoms with van der Waals surface area (Å²) in [6, 6.07) is 0. The number of rotatable bonds is 13. The molecule has 0 amide bonds. The molecule has 7 nitrogen and oxygen atoms in total. The molecule has 0 aromatic rings. The second kappa shape index (κ2) is 15.2. The number of carbonyl (C=O) groups is 2. The van der Waals surface area contributed by atoms with Crippen LogP contribution in [0.25, 0.3) is 0 Å². The van der Waals surface area contributed by atoms with Gasteiger partial charge in [0.05, 0.1) is 12.2 Å². The van der Waals surface area contributed by atoms with E-state index in [0.717, 1.165) is 25.9 Å². The van der Waals surface area contributed by atoms with Crippen molar-refractivity contribution in [1.82, 2.24) is 0 Å². The number of carbonyl (C=O) groups excluding carboxylic acids is 2. The highest BCUT2D eigenvalue weighted by Gasteiger charge is 2.37. The van der Waals surface area contributed by atoms with Crippen molar-refractivity contribution in [3.8, 4) is 0 Å². The second-order valence-corrected chi connectivity index (χ2v) is 17.4. The topological polar surface area (TPSA) is 80.3 Å². The predicted octanol–water partition coefficient (Wildman–Crippen LogP) is 6.72. The first kappa shape index (κ1) is 33.5. The van der Waals surface area contributed by atoms with Crippen LogP contribution in [-0.4, -0.2) is 57.6 Å². The molecule has 1 unspecified atom stereocenters. The number of esters is 2. The molecule has 8 heteroatoms. The summed E-state index contributed by atoms with van der Waals surface area (Å²) in [6.45, 7) is 21.5. The van der Waals surface area contributed by atoms with Crippen molar-refractivity contribution in [2.24, 2.45) is 5.92 Å². The average Bonchev–Trinajstić information content (AvgIpc) is 2.74. The van der Waals surface area contributed by atoms with Crippen LogP contribution in [0.4, 0.5) is 0 Å². The average molecular weight is 541 g/mol. The molecule has 0 N–H and O–H groups in total. The van der Waals surface area contributed by atoms with Gasteiger partial charge >= 0.3 is 11.9 Å². The van der Waals surface area contributed by atoms with Crippen molar-refractivity contribution in [1.29, 1.82) is 0 Å². The van der Waals surface area contributed by atoms with Crippen LogP contribution < -0.4 is 0 Å². The van der Waals surface area contributed by atoms with Gasteiger partial charge in [-0.15, -0.1) is 0 Å². The fourth-order valence-electron chi connectivity index (χ4n) is 3.49. The van der Waals surface area contributed by atoms with E-state index in [-0.39, 0.29) is 29.5 Å². The van der Waals surface area contributed by atoms with Gasteiger partial charge in [-0.1, -0.05) is 32.9 Å². The molecule has 1 aliphatic heterocycles. The third-order valence-corrected chi connectivity index (χ3v) is 11.1. The Bertz CT molecular complexity index is 755. The maximum Gasteiger partial charge on any atom is 0.330 e. The van der Waals surface area contributed by atoms with Gasteiger partial charge in [0.2, 0.25) is 0 Å². The molecule has 1 heterocycles. The van der Waals surface area contributed by atoms with Gasteiger partial charge in [0.15, 0.2) is 14.6 Å². The Morgan fingerprint density at radius 2 is 1.68 bits per heavy atom. The summed E-state index contributed by atoms with van der Waals surface area (Å²) in [5, 5.41) is 0.0687. The van der Waals surface area contributed by atoms with Crippen molar-refractivity contribution >= 4 is 20.3 Å². The van der Waals surface area contributed by atoms with E-state index in [9.17, 15) is 9.59 Å². The fraction of sp³-hybridized carbons (Fsp3) is 0.793. The van der Waals surface area contributed by atoms with Crippen molar-refractivity contribution in [2.75, 3.05) is 13.2 Å². The summed E-state index contributed by atoms with van der Waals surface area (Å²) >= 11 is 0. The highest BCUT2D eigenvalue weighted by Crippen LogP contribution is 2.37. The Balaban J connectivity index is 2.66. The molecular weight excluding hydrogens is 488 g/mol. The van der Waals surface area contributed by atoms with Gasteiger partial charge < -0.3 is 23.4 Å². The van der Waals surface area contributed by atoms with Crippen molar-refractivity contribution in [3.05, 3.63) is 24.3 Å². The van der Waals surface area contributed by atoms with E-state index < -0.39 is 25.9 Å². The molecule has 1 rings (SSSR count). The Kier molecular flexibility index (Phi) is 13.8. The van der Waals surface area contributed by atoms with Gasteiger partial charge in [-0.2, -0.15) is 0 Å². The Morgan fingerprint density at radius 3 is 2.24 bits per heavy atom. The first-order valence-corrected chi connectivity index (χ1v) is 16.6. The van der Waals surface area contributed by atoms with Crippen LogP contribution in [0.15, 0.2) is 24.3 Å². The van der Waals surface area contributed by atoms with Gasteiger partial charge in [0, 0.05) is 31.3 Å². The molecule has 0 aliphatic carbocycles. The molecule has 37 heavy (non-hydrogen) atoms. The summed E-state index contributed by atoms with van der Waals surface area (Å²) in [6.07, 6.45) is 10.2. The molecule has 1 aliphatic rings. The molecule has 0 bridgehead atoms. The second-order valence-electron chi connectivity index (χ2n) is 12.6. The Hall–Kier alpha value is -1.48. The minimum atomic E-state index is -1.98. The lowest BCUT2D eigenvalue weighted by Gasteiger charge is -2.37. The molecule has 0 aromatic carbocycles. The van der Waals surface area contributed by atoms with Crippen LogP contribution in [0.1, 0.15) is 87.5 Å². The number of hydrogen-bond acceptors (Lipinski definition) is 7. The highest BCUT2D eigenvalue weighted by molar-refractivity contribution is 6.74. The van der Waals surface area contributed by atoms with Gasteiger partial charge in [-0.3, -0.25) is 0 Å². The molecule has 214 valence electrons. The Labute approximate surface area is 226 Å². The van der Waals surface area contributed by atoms with Gasteiger partial charge in [0.25, 0.3) is 0 Å². The predicted molar refractivity (Wildman–Crippen MR) is 150 cm³/mol. The van der Waals surface area contributed by atoms with Crippen LogP contribution >= 0.6 is 0 Å². The van der Waals surface area contributed by atoms with E-state index in [4.69, 9.17) is 23.4 Å². The smallest absolute Gasteiger partial charge is 0.330 e. The van der Waals surface area contributed by atoms with E-state index in [1.54, 1.807) is 6.08 Å². The van der Waals surface area contributed by atoms with Crippen molar-refractivity contribution in [2.45, 2.75) is 130 Å². The quantitative estimate of drug-likeness (QED) is 0.146. The van der Waals surface area contributed by atoms with E-state index in [2.05, 4.69) is 33.9 Å². The zero-order valence-corrected chi connectivity index (χ0v) is 25.9. The summed E-state index contributed by atoms with van der Waals surface area (Å²) in [7, 11) is -1.98. The lowest BCUT2D eigenvalue weighted by molar-refractivity contribution is -0.183. The standard InChI is InChI=1S/C29H52O7Si/c1-22(35-27-16-11-12-19-32-27)14-13-15-25(30)34-23(2)20-24(17-18-26(31)36-28(3,4)5)21-33-37(9,10)29(6,7)8/h13,15,17-18,22-24,27H,11-12,14,16,19-21H2,1-10H3/b15-13+,18-17+/t22-,23+,24+,27?/m1/s1. The van der Waals surface area contributed by atoms with Crippen LogP contribution in [0, 0.1) is 5.92 Å². The Morgan fingerprint density at radius 1 is 1.00 bits per heavy atom. The monoisotopic (exact) mass is 540 g/mol. The minimum absolute atomic E-state index is 0.0422. The molecule has 4 atom stereocenters. The van der Waals surface area contributed by atoms with Crippen molar-refractivity contribution < 1.29 is 33.0 Å². The largest absolute Gasteiger partial charge is 0.459 e. The maximum atomic E-state index is 12.4. The summed E-state index contributed by atoms with van der Waals surface area (Å²) < 4.78 is 28.9. The van der Waals surface area contributed by atoms with Crippen molar-refractivity contribution in [3.63, 3.8) is 0 Å². The molecule has 1 saturated heterocycles. The lowest BCUT2D eigenvalue weighted by Crippen LogP contribution is -2.42. The first-order valence-electron chi connectivity index (χ1n) is 13.7. The van der Waals surface area contributed by atoms with E-state index in [1.807, 2.05) is 40.7 Å². The van der Waals surface area contributed by atoms with E-state index in [1.165, 1.54) is 12.2 Å². The van der Waals surface area contributed by atoms with Gasteiger partial charge in [0.1, 0.15) is 5.60 Å². The molecule has 0 radical (unpaired) electrons. The summed E-state index contributed by atoms with van der Waals surface area (Å²) in [5.41, 5.74) is -0.560. The van der Waals surface area contributed by atoms with E-state index in [0.29, 0.717) is 19.4 Å². The lowest BCUT2D eigenvalue weighted by atomic mass is 10.0. The van der Waals surface area contributed by atoms with Crippen LogP contribution in [0.3, 0.4) is 0 Å². The summed E-state index contributed by atoms with van der Waals surface area (Å²) in [5.74, 6) is -0.890. The molecule has 0 saturated carbocycles. The zero-order valence-electron chi connectivity index (χ0n) is 24.9. The van der Waals surface area contributed by atoms with Crippen LogP contribution in [0.2, 0.25) is 18.1 Å². The normalized spacial score (nSPS) is 20.1. The van der Waals surface area contributed by atoms with Crippen LogP contribution in [-0.2, 0) is 33.0 Å². The summed E-state index contributed by atoms with van der Waals surface area (Å²) in [4.78, 5) is 24.6. The third-order valence-electron chi connectivity index (χ3n) is 6.57. The first-order chi connectivity index (χ1) is 17.0. The highest BCUT2D eigenvalue weighted by atomic mass is 28.4. The number of ether oxygens (including phenoxy) is 4. The third kappa shape index (κ3) is 14.9. The van der Waals surface area contributed by atoms with Crippen LogP contribution in [0.5, 0.6) is 0 Å². The zero-order chi connectivity index (χ0) is 28.3. The van der Waals surface area contributed by atoms with Gasteiger partial charge in [-0.25, -0.2) is 9.59 Å². The maximum absolute atomic E-state index is 12.4. The SMILES string of the molecule is C[C@H](C/C=C/C(=O)O[C@@H](C)C[C@H](/C=C/C(=O)OC(C)(C)C)CO[Si](C)(C)C(C)(C)C)OC1CCCCO1. The molecule has 0 aromatic heterocycles. The molecule has 0 spiro atoms. The molecular formula is C29H52O7Si. The van der Waals surface area contributed by atoms with Gasteiger partial charge in [-0.05, 0) is 84.9 Å². The molecule has 1 fully saturated rings. The van der Waals surface area contributed by atoms with E-state index >= 15 is 0 Å².